The normalized spacial score (nSPS) is 17.7. The molecule has 45 heavy (non-hydrogen) atoms. The van der Waals surface area contributed by atoms with Crippen molar-refractivity contribution in [2.45, 2.75) is 5.66 Å². The van der Waals surface area contributed by atoms with Crippen LogP contribution in [0.5, 0.6) is 17.2 Å². The van der Waals surface area contributed by atoms with Gasteiger partial charge in [0.1, 0.15) is 23.0 Å². The second-order valence-corrected chi connectivity index (χ2v) is 10.5. The molecule has 0 saturated carbocycles. The minimum Gasteiger partial charge on any atom is -0.497 e. The quantitative estimate of drug-likeness (QED) is 0.191. The molecule has 0 spiro atoms. The fraction of sp³-hybridized carbons (Fsp3) is 0.111. The zero-order valence-corrected chi connectivity index (χ0v) is 25.1. The summed E-state index contributed by atoms with van der Waals surface area (Å²) in [5.74, 6) is 2.08. The number of hydrogen-bond donors (Lipinski definition) is 0. The van der Waals surface area contributed by atoms with Crippen molar-refractivity contribution < 1.29 is 19.0 Å². The minimum absolute atomic E-state index is 0.268. The topological polar surface area (TPSA) is 70.1 Å². The molecule has 0 bridgehead atoms. The molecule has 1 fully saturated rings. The molecule has 2 amide bonds. The van der Waals surface area contributed by atoms with Gasteiger partial charge in [-0.1, -0.05) is 65.8 Å². The number of methoxy groups -OCH3 is 3. The van der Waals surface area contributed by atoms with Gasteiger partial charge in [0, 0.05) is 16.8 Å². The molecule has 1 atom stereocenters. The van der Waals surface area contributed by atoms with Gasteiger partial charge in [0.2, 0.25) is 5.66 Å². The lowest BCUT2D eigenvalue weighted by molar-refractivity contribution is 0.191. The average molecular weight is 598 g/mol. The van der Waals surface area contributed by atoms with Crippen molar-refractivity contribution in [3.8, 4) is 17.2 Å². The predicted octanol–water partition coefficient (Wildman–Crippen LogP) is 7.07. The second kappa shape index (κ2) is 11.4. The van der Waals surface area contributed by atoms with Crippen molar-refractivity contribution in [1.82, 2.24) is 5.12 Å². The third-order valence-corrected chi connectivity index (χ3v) is 8.05. The summed E-state index contributed by atoms with van der Waals surface area (Å²) in [5.41, 5.74) is 3.20. The lowest BCUT2D eigenvalue weighted by Gasteiger charge is -2.41. The van der Waals surface area contributed by atoms with Crippen LogP contribution in [0.3, 0.4) is 0 Å². The Morgan fingerprint density at radius 1 is 0.556 bits per heavy atom. The first-order valence-electron chi connectivity index (χ1n) is 14.5. The molecule has 2 aliphatic heterocycles. The van der Waals surface area contributed by atoms with Gasteiger partial charge in [0.25, 0.3) is 0 Å². The maximum atomic E-state index is 15.1. The van der Waals surface area contributed by atoms with Crippen molar-refractivity contribution in [3.05, 3.63) is 145 Å². The van der Waals surface area contributed by atoms with Gasteiger partial charge in [-0.3, -0.25) is 4.90 Å². The van der Waals surface area contributed by atoms with Crippen LogP contribution in [0.1, 0.15) is 11.1 Å². The first-order valence-corrected chi connectivity index (χ1v) is 14.5. The average Bonchev–Trinajstić information content (AvgIpc) is 3.59. The number of ether oxygens (including phenoxy) is 3. The number of urea groups is 1. The first-order chi connectivity index (χ1) is 22.1. The Bertz CT molecular complexity index is 1830. The van der Waals surface area contributed by atoms with Crippen LogP contribution in [-0.2, 0) is 5.66 Å². The highest BCUT2D eigenvalue weighted by Gasteiger charge is 2.67. The van der Waals surface area contributed by atoms with E-state index in [0.717, 1.165) is 16.8 Å². The number of hydrazine groups is 2. The van der Waals surface area contributed by atoms with Gasteiger partial charge in [-0.25, -0.2) is 9.80 Å². The summed E-state index contributed by atoms with van der Waals surface area (Å²) in [5, 5.41) is 10.7. The zero-order valence-electron chi connectivity index (χ0n) is 25.1. The molecule has 1 unspecified atom stereocenters. The molecule has 7 rings (SSSR count). The van der Waals surface area contributed by atoms with E-state index >= 15 is 4.79 Å². The molecule has 9 heteroatoms. The van der Waals surface area contributed by atoms with Crippen LogP contribution in [0.2, 0.25) is 0 Å². The summed E-state index contributed by atoms with van der Waals surface area (Å²) in [6, 6.07) is 42.3. The molecule has 0 N–H and O–H groups in total. The Balaban J connectivity index is 1.56. The van der Waals surface area contributed by atoms with Crippen LogP contribution in [0.15, 0.2) is 139 Å². The summed E-state index contributed by atoms with van der Waals surface area (Å²) < 4.78 is 16.4. The molecule has 0 radical (unpaired) electrons. The Labute approximate surface area is 261 Å². The van der Waals surface area contributed by atoms with Gasteiger partial charge < -0.3 is 14.2 Å². The van der Waals surface area contributed by atoms with Crippen molar-refractivity contribution in [2.24, 2.45) is 5.10 Å². The van der Waals surface area contributed by atoms with Crippen molar-refractivity contribution >= 4 is 28.8 Å². The molecular weight excluding hydrogens is 566 g/mol. The highest BCUT2D eigenvalue weighted by atomic mass is 16.5. The molecule has 2 aliphatic rings. The largest absolute Gasteiger partial charge is 0.497 e. The number of amides is 2. The molecule has 5 aromatic rings. The van der Waals surface area contributed by atoms with E-state index in [1.807, 2.05) is 139 Å². The third kappa shape index (κ3) is 4.44. The van der Waals surface area contributed by atoms with E-state index in [1.165, 1.54) is 0 Å². The second-order valence-electron chi connectivity index (χ2n) is 10.5. The van der Waals surface area contributed by atoms with Crippen molar-refractivity contribution in [1.29, 1.82) is 0 Å². The molecule has 0 aromatic heterocycles. The number of fused-ring (bicyclic) bond motifs is 1. The standard InChI is InChI=1S/C36H31N5O4/c1-43-31-20-14-28(15-21-31)38-35(42)39(29-16-22-32(44-2)23-17-29)41-36(38,27-12-8-5-9-13-27)34(26-10-6-4-7-11-26)37-40(41)30-18-24-33(45-3)25-19-30/h4-25H,1-3H3. The van der Waals surface area contributed by atoms with Crippen LogP contribution in [0, 0.1) is 0 Å². The Hall–Kier alpha value is -5.80. The van der Waals surface area contributed by atoms with Crippen molar-refractivity contribution in [2.75, 3.05) is 36.4 Å². The minimum atomic E-state index is -1.24. The van der Waals surface area contributed by atoms with E-state index in [1.54, 1.807) is 36.4 Å². The van der Waals surface area contributed by atoms with E-state index < -0.39 is 5.66 Å². The molecule has 0 aliphatic carbocycles. The number of carbonyl (C=O) groups is 1. The van der Waals surface area contributed by atoms with Gasteiger partial charge in [-0.05, 0) is 72.8 Å². The summed E-state index contributed by atoms with van der Waals surface area (Å²) >= 11 is 0. The van der Waals surface area contributed by atoms with E-state index in [-0.39, 0.29) is 6.03 Å². The monoisotopic (exact) mass is 597 g/mol. The lowest BCUT2D eigenvalue weighted by atomic mass is 9.88. The van der Waals surface area contributed by atoms with Crippen LogP contribution in [0.25, 0.3) is 0 Å². The van der Waals surface area contributed by atoms with Gasteiger partial charge in [-0.2, -0.15) is 10.2 Å². The van der Waals surface area contributed by atoms with Gasteiger partial charge >= 0.3 is 6.03 Å². The van der Waals surface area contributed by atoms with E-state index in [9.17, 15) is 0 Å². The highest BCUT2D eigenvalue weighted by Crippen LogP contribution is 2.52. The zero-order chi connectivity index (χ0) is 31.0. The SMILES string of the molecule is COc1ccc(N2N=C(c3ccccc3)C3(c4ccccc4)N(c4ccc(OC)cc4)C(=O)N(c4ccc(OC)cc4)N23)cc1. The first kappa shape index (κ1) is 28.0. The molecule has 5 aromatic carbocycles. The van der Waals surface area contributed by atoms with E-state index in [4.69, 9.17) is 19.3 Å². The Morgan fingerprint density at radius 3 is 1.53 bits per heavy atom. The fourth-order valence-electron chi connectivity index (χ4n) is 5.94. The van der Waals surface area contributed by atoms with Gasteiger partial charge in [0.05, 0.1) is 32.7 Å². The molecule has 224 valence electrons. The molecular formula is C36H31N5O4. The van der Waals surface area contributed by atoms with Gasteiger partial charge in [-0.15, -0.1) is 0 Å². The van der Waals surface area contributed by atoms with Crippen LogP contribution < -0.4 is 29.2 Å². The fourth-order valence-corrected chi connectivity index (χ4v) is 5.94. The summed E-state index contributed by atoms with van der Waals surface area (Å²) in [6.45, 7) is 0. The highest BCUT2D eigenvalue weighted by molar-refractivity contribution is 6.20. The summed E-state index contributed by atoms with van der Waals surface area (Å²) in [7, 11) is 4.88. The summed E-state index contributed by atoms with van der Waals surface area (Å²) in [4.78, 5) is 16.9. The number of rotatable bonds is 8. The number of hydrazone groups is 1. The smallest absolute Gasteiger partial charge is 0.347 e. The number of anilines is 3. The van der Waals surface area contributed by atoms with E-state index in [0.29, 0.717) is 34.3 Å². The number of benzene rings is 5. The van der Waals surface area contributed by atoms with Crippen LogP contribution in [0.4, 0.5) is 21.9 Å². The van der Waals surface area contributed by atoms with Crippen LogP contribution in [-0.4, -0.2) is 38.2 Å². The Kier molecular flexibility index (Phi) is 7.07. The van der Waals surface area contributed by atoms with E-state index in [2.05, 4.69) is 0 Å². The van der Waals surface area contributed by atoms with Crippen molar-refractivity contribution in [3.63, 3.8) is 0 Å². The number of hydrogen-bond acceptors (Lipinski definition) is 7. The Morgan fingerprint density at radius 2 is 1.02 bits per heavy atom. The predicted molar refractivity (Wildman–Crippen MR) is 175 cm³/mol. The van der Waals surface area contributed by atoms with Crippen LogP contribution >= 0.6 is 0 Å². The maximum Gasteiger partial charge on any atom is 0.347 e. The summed E-state index contributed by atoms with van der Waals surface area (Å²) in [6.07, 6.45) is 0. The van der Waals surface area contributed by atoms with Gasteiger partial charge in [0.15, 0.2) is 0 Å². The molecule has 2 heterocycles. The number of carbonyl (C=O) groups excluding carboxylic acids is 1. The maximum absolute atomic E-state index is 15.1. The molecule has 1 saturated heterocycles. The number of nitrogens with zero attached hydrogens (tertiary/aromatic N) is 5. The third-order valence-electron chi connectivity index (χ3n) is 8.05. The lowest BCUT2D eigenvalue weighted by Crippen LogP contribution is -2.58. The molecule has 9 nitrogen and oxygen atoms in total.